The second-order valence-corrected chi connectivity index (χ2v) is 7.85. The lowest BCUT2D eigenvalue weighted by molar-refractivity contribution is -0.123. The Kier molecular flexibility index (Phi) is 5.41. The molecule has 0 bridgehead atoms. The number of nitrogens with zero attached hydrogens (tertiary/aromatic N) is 1. The van der Waals surface area contributed by atoms with Crippen molar-refractivity contribution in [3.8, 4) is 11.1 Å². The monoisotopic (exact) mass is 393 g/mol. The minimum absolute atomic E-state index is 0.00456. The number of Topliss-reactive ketones (excluding diaryl/α,β-unsaturated/α-hetero) is 1. The third kappa shape index (κ3) is 3.33. The molecule has 1 fully saturated rings. The molecule has 0 saturated carbocycles. The number of likely N-dealkylation sites (tertiary alicyclic amines) is 1. The van der Waals surface area contributed by atoms with Crippen LogP contribution in [0.5, 0.6) is 0 Å². The van der Waals surface area contributed by atoms with Crippen LogP contribution in [0.4, 0.5) is 4.79 Å². The maximum Gasteiger partial charge on any atom is 0.410 e. The Labute approximate surface area is 171 Å². The van der Waals surface area contributed by atoms with Crippen molar-refractivity contribution in [3.63, 3.8) is 0 Å². The number of benzene rings is 2. The minimum atomic E-state index is -0.486. The molecule has 152 valence electrons. The van der Waals surface area contributed by atoms with E-state index >= 15 is 0 Å². The van der Waals surface area contributed by atoms with Crippen molar-refractivity contribution in [2.24, 2.45) is 5.92 Å². The predicted molar refractivity (Wildman–Crippen MR) is 111 cm³/mol. The van der Waals surface area contributed by atoms with E-state index in [1.807, 2.05) is 38.1 Å². The van der Waals surface area contributed by atoms with E-state index in [9.17, 15) is 9.59 Å². The summed E-state index contributed by atoms with van der Waals surface area (Å²) in [6.07, 6.45) is -0.209. The number of carbonyl (C=O) groups excluding carboxylic acids is 2. The van der Waals surface area contributed by atoms with Gasteiger partial charge in [-0.1, -0.05) is 62.4 Å². The van der Waals surface area contributed by atoms with E-state index in [2.05, 4.69) is 24.3 Å². The Bertz CT molecular complexity index is 879. The van der Waals surface area contributed by atoms with Gasteiger partial charge in [0.25, 0.3) is 0 Å². The zero-order valence-corrected chi connectivity index (χ0v) is 17.1. The van der Waals surface area contributed by atoms with Gasteiger partial charge in [-0.3, -0.25) is 9.69 Å². The number of fused-ring (bicyclic) bond motifs is 3. The predicted octanol–water partition coefficient (Wildman–Crippen LogP) is 4.25. The van der Waals surface area contributed by atoms with Crippen LogP contribution < -0.4 is 0 Å². The van der Waals surface area contributed by atoms with Crippen molar-refractivity contribution in [1.29, 1.82) is 0 Å². The zero-order valence-electron chi connectivity index (χ0n) is 17.1. The third-order valence-electron chi connectivity index (χ3n) is 6.35. The fraction of sp³-hybridized carbons (Fsp3) is 0.417. The first kappa shape index (κ1) is 19.6. The molecule has 0 unspecified atom stereocenters. The topological polar surface area (TPSA) is 55.8 Å². The molecule has 0 aromatic heterocycles. The first-order valence-corrected chi connectivity index (χ1v) is 10.2. The molecule has 1 heterocycles. The van der Waals surface area contributed by atoms with Gasteiger partial charge in [0.15, 0.2) is 5.78 Å². The summed E-state index contributed by atoms with van der Waals surface area (Å²) in [5.74, 6) is 0.00316. The second kappa shape index (κ2) is 7.99. The largest absolute Gasteiger partial charge is 0.448 e. The number of hydrogen-bond donors (Lipinski definition) is 0. The van der Waals surface area contributed by atoms with Crippen molar-refractivity contribution in [3.05, 3.63) is 59.7 Å². The van der Waals surface area contributed by atoms with E-state index in [0.29, 0.717) is 13.0 Å². The van der Waals surface area contributed by atoms with Gasteiger partial charge in [0.1, 0.15) is 6.61 Å². The molecular formula is C24H27NO4. The maximum atomic E-state index is 13.0. The Morgan fingerprint density at radius 2 is 1.62 bits per heavy atom. The number of carbonyl (C=O) groups is 2. The highest BCUT2D eigenvalue weighted by Gasteiger charge is 2.45. The number of hydrogen-bond acceptors (Lipinski definition) is 4. The fourth-order valence-electron chi connectivity index (χ4n) is 4.79. The van der Waals surface area contributed by atoms with E-state index in [1.165, 1.54) is 22.3 Å². The van der Waals surface area contributed by atoms with Gasteiger partial charge in [-0.15, -0.1) is 0 Å². The molecule has 4 rings (SSSR count). The standard InChI is InChI=1S/C24H27NO4/c1-4-21(26)23-15(2)22(28-3)13-25(23)24(27)29-14-20-18-11-7-5-9-16(18)17-10-6-8-12-19(17)20/h5-12,15,20,22-23H,4,13-14H2,1-3H3/t15-,22+,23+/m1/s1. The molecule has 29 heavy (non-hydrogen) atoms. The second-order valence-electron chi connectivity index (χ2n) is 7.85. The molecule has 5 nitrogen and oxygen atoms in total. The summed E-state index contributed by atoms with van der Waals surface area (Å²) in [5.41, 5.74) is 4.73. The van der Waals surface area contributed by atoms with Gasteiger partial charge in [-0.2, -0.15) is 0 Å². The fourth-order valence-corrected chi connectivity index (χ4v) is 4.79. The number of rotatable bonds is 5. The average molecular weight is 393 g/mol. The lowest BCUT2D eigenvalue weighted by atomic mass is 9.96. The van der Waals surface area contributed by atoms with E-state index in [-0.39, 0.29) is 30.3 Å². The van der Waals surface area contributed by atoms with Crippen LogP contribution in [0.2, 0.25) is 0 Å². The first-order valence-electron chi connectivity index (χ1n) is 10.2. The first-order chi connectivity index (χ1) is 14.1. The van der Waals surface area contributed by atoms with Gasteiger partial charge >= 0.3 is 6.09 Å². The molecular weight excluding hydrogens is 366 g/mol. The van der Waals surface area contributed by atoms with Crippen LogP contribution in [-0.4, -0.2) is 49.2 Å². The van der Waals surface area contributed by atoms with Crippen molar-refractivity contribution >= 4 is 11.9 Å². The molecule has 1 saturated heterocycles. The van der Waals surface area contributed by atoms with Crippen LogP contribution in [-0.2, 0) is 14.3 Å². The summed E-state index contributed by atoms with van der Waals surface area (Å²) < 4.78 is 11.3. The maximum absolute atomic E-state index is 13.0. The molecule has 2 aromatic rings. The van der Waals surface area contributed by atoms with Crippen LogP contribution in [0, 0.1) is 5.92 Å². The van der Waals surface area contributed by atoms with Crippen LogP contribution >= 0.6 is 0 Å². The zero-order chi connectivity index (χ0) is 20.5. The summed E-state index contributed by atoms with van der Waals surface area (Å²) in [6, 6.07) is 16.0. The van der Waals surface area contributed by atoms with Crippen molar-refractivity contribution in [2.45, 2.75) is 38.3 Å². The summed E-state index contributed by atoms with van der Waals surface area (Å²) in [4.78, 5) is 27.0. The smallest absolute Gasteiger partial charge is 0.410 e. The van der Waals surface area contributed by atoms with Gasteiger partial charge in [0, 0.05) is 25.4 Å². The number of amides is 1. The Hall–Kier alpha value is -2.66. The normalized spacial score (nSPS) is 23.0. The SMILES string of the molecule is CCC(=O)[C@@H]1[C@H](C)[C@@H](OC)CN1C(=O)OCC1c2ccccc2-c2ccccc21. The molecule has 1 aliphatic carbocycles. The molecule has 3 atom stereocenters. The van der Waals surface area contributed by atoms with Crippen molar-refractivity contribution < 1.29 is 19.1 Å². The minimum Gasteiger partial charge on any atom is -0.448 e. The molecule has 1 aliphatic heterocycles. The van der Waals surface area contributed by atoms with Gasteiger partial charge in [0.2, 0.25) is 0 Å². The lowest BCUT2D eigenvalue weighted by Gasteiger charge is -2.25. The van der Waals surface area contributed by atoms with Crippen molar-refractivity contribution in [2.75, 3.05) is 20.3 Å². The van der Waals surface area contributed by atoms with E-state index in [0.717, 1.165) is 0 Å². The molecule has 1 amide bonds. The average Bonchev–Trinajstić information content (AvgIpc) is 3.26. The van der Waals surface area contributed by atoms with E-state index < -0.39 is 12.1 Å². The highest BCUT2D eigenvalue weighted by Crippen LogP contribution is 2.44. The molecule has 2 aromatic carbocycles. The molecule has 0 spiro atoms. The van der Waals surface area contributed by atoms with Gasteiger partial charge in [0.05, 0.1) is 18.7 Å². The molecule has 0 radical (unpaired) electrons. The highest BCUT2D eigenvalue weighted by atomic mass is 16.6. The number of methoxy groups -OCH3 is 1. The van der Waals surface area contributed by atoms with Gasteiger partial charge in [-0.05, 0) is 22.3 Å². The number of ketones is 1. The van der Waals surface area contributed by atoms with Crippen LogP contribution in [0.1, 0.15) is 37.3 Å². The molecule has 2 aliphatic rings. The van der Waals surface area contributed by atoms with Crippen LogP contribution in [0.3, 0.4) is 0 Å². The lowest BCUT2D eigenvalue weighted by Crippen LogP contribution is -2.43. The third-order valence-corrected chi connectivity index (χ3v) is 6.35. The molecule has 5 heteroatoms. The highest BCUT2D eigenvalue weighted by molar-refractivity contribution is 5.88. The quantitative estimate of drug-likeness (QED) is 0.762. The van der Waals surface area contributed by atoms with Crippen LogP contribution in [0.15, 0.2) is 48.5 Å². The van der Waals surface area contributed by atoms with Crippen LogP contribution in [0.25, 0.3) is 11.1 Å². The Morgan fingerprint density at radius 1 is 1.03 bits per heavy atom. The van der Waals surface area contributed by atoms with Crippen molar-refractivity contribution in [1.82, 2.24) is 4.90 Å². The Balaban J connectivity index is 1.53. The summed E-state index contributed by atoms with van der Waals surface area (Å²) in [7, 11) is 1.62. The van der Waals surface area contributed by atoms with E-state index in [1.54, 1.807) is 12.0 Å². The summed E-state index contributed by atoms with van der Waals surface area (Å²) in [6.45, 7) is 4.42. The number of ether oxygens (including phenoxy) is 2. The van der Waals surface area contributed by atoms with Gasteiger partial charge in [-0.25, -0.2) is 4.79 Å². The summed E-state index contributed by atoms with van der Waals surface area (Å²) >= 11 is 0. The van der Waals surface area contributed by atoms with Gasteiger partial charge < -0.3 is 9.47 Å². The summed E-state index contributed by atoms with van der Waals surface area (Å²) in [5, 5.41) is 0. The van der Waals surface area contributed by atoms with E-state index in [4.69, 9.17) is 9.47 Å². The Morgan fingerprint density at radius 3 is 2.17 bits per heavy atom. The molecule has 0 N–H and O–H groups in total.